The zero-order valence-electron chi connectivity index (χ0n) is 13.7. The largest absolute Gasteiger partial charge is 0.366 e. The first kappa shape index (κ1) is 14.4. The van der Waals surface area contributed by atoms with Crippen molar-refractivity contribution in [1.29, 1.82) is 0 Å². The second kappa shape index (κ2) is 5.30. The van der Waals surface area contributed by atoms with Crippen molar-refractivity contribution in [2.75, 3.05) is 16.8 Å². The quantitative estimate of drug-likeness (QED) is 0.763. The van der Waals surface area contributed by atoms with E-state index in [0.29, 0.717) is 35.8 Å². The molecule has 2 aromatic heterocycles. The van der Waals surface area contributed by atoms with Crippen LogP contribution < -0.4 is 16.0 Å². The molecule has 0 aromatic carbocycles. The molecule has 2 aromatic rings. The number of hydrogen-bond acceptors (Lipinski definition) is 6. The van der Waals surface area contributed by atoms with Crippen molar-refractivity contribution in [3.63, 3.8) is 0 Å². The van der Waals surface area contributed by atoms with Gasteiger partial charge in [0.2, 0.25) is 11.9 Å². The molecule has 0 spiro atoms. The van der Waals surface area contributed by atoms with E-state index in [1.54, 1.807) is 6.20 Å². The van der Waals surface area contributed by atoms with Crippen LogP contribution in [0.15, 0.2) is 29.5 Å². The van der Waals surface area contributed by atoms with Crippen molar-refractivity contribution in [2.24, 2.45) is 5.73 Å². The fourth-order valence-corrected chi connectivity index (χ4v) is 3.57. The van der Waals surface area contributed by atoms with E-state index in [1.807, 2.05) is 12.1 Å². The van der Waals surface area contributed by atoms with E-state index in [2.05, 4.69) is 30.4 Å². The third kappa shape index (κ3) is 2.54. The van der Waals surface area contributed by atoms with Crippen LogP contribution in [-0.4, -0.2) is 38.7 Å². The molecule has 8 nitrogen and oxygen atoms in total. The Balaban J connectivity index is 1.36. The third-order valence-electron chi connectivity index (χ3n) is 5.23. The van der Waals surface area contributed by atoms with Crippen LogP contribution in [0.4, 0.5) is 17.6 Å². The highest BCUT2D eigenvalue weighted by molar-refractivity contribution is 5.94. The van der Waals surface area contributed by atoms with Gasteiger partial charge in [-0.15, -0.1) is 0 Å². The maximum atomic E-state index is 11.6. The molecule has 2 aliphatic carbocycles. The van der Waals surface area contributed by atoms with E-state index in [-0.39, 0.29) is 5.91 Å². The molecule has 6 rings (SSSR count). The lowest BCUT2D eigenvalue weighted by Crippen LogP contribution is -2.50. The summed E-state index contributed by atoms with van der Waals surface area (Å²) in [7, 11) is 0. The number of aromatic amines is 1. The molecule has 4 N–H and O–H groups in total. The highest BCUT2D eigenvalue weighted by Crippen LogP contribution is 2.41. The Morgan fingerprint density at radius 1 is 1.32 bits per heavy atom. The highest BCUT2D eigenvalue weighted by Gasteiger charge is 2.39. The summed E-state index contributed by atoms with van der Waals surface area (Å²) in [6.45, 7) is 0.493. The van der Waals surface area contributed by atoms with E-state index in [9.17, 15) is 4.79 Å². The summed E-state index contributed by atoms with van der Waals surface area (Å²) in [4.78, 5) is 22.7. The zero-order valence-corrected chi connectivity index (χ0v) is 13.7. The molecule has 1 amide bonds. The molecular weight excluding hydrogens is 318 g/mol. The molecular formula is C17H19N7O. The zero-order chi connectivity index (χ0) is 17.0. The van der Waals surface area contributed by atoms with Gasteiger partial charge in [0.05, 0.1) is 6.54 Å². The minimum Gasteiger partial charge on any atom is -0.366 e. The summed E-state index contributed by atoms with van der Waals surface area (Å²) < 4.78 is 0. The lowest BCUT2D eigenvalue weighted by molar-refractivity contribution is -0.114. The number of nitrogens with zero attached hydrogens (tertiary/aromatic N) is 4. The van der Waals surface area contributed by atoms with Crippen LogP contribution >= 0.6 is 0 Å². The standard InChI is InChI=1S/C17H19N7O/c18-16(25)12-8-24(11-5-10(12)6-11)17-19-4-3-14(21-17)20-15-7-13(22-23-15)9-1-2-9/h3-4,7,9,11H,1-2,5-6,8H2,(H2,18,25)(H2,19,20,21,22,23). The molecule has 2 bridgehead atoms. The molecule has 4 aliphatic rings. The number of aromatic nitrogens is 4. The summed E-state index contributed by atoms with van der Waals surface area (Å²) in [5.41, 5.74) is 8.57. The van der Waals surface area contributed by atoms with E-state index >= 15 is 0 Å². The molecule has 128 valence electrons. The molecule has 0 radical (unpaired) electrons. The Kier molecular flexibility index (Phi) is 3.06. The monoisotopic (exact) mass is 337 g/mol. The van der Waals surface area contributed by atoms with Crippen molar-refractivity contribution in [1.82, 2.24) is 20.2 Å². The van der Waals surface area contributed by atoms with Crippen molar-refractivity contribution in [2.45, 2.75) is 37.6 Å². The number of carbonyl (C=O) groups excluding carboxylic acids is 1. The summed E-state index contributed by atoms with van der Waals surface area (Å²) in [5.74, 6) is 2.36. The minimum atomic E-state index is -0.337. The van der Waals surface area contributed by atoms with Gasteiger partial charge in [-0.2, -0.15) is 10.1 Å². The smallest absolute Gasteiger partial charge is 0.246 e. The van der Waals surface area contributed by atoms with Gasteiger partial charge in [-0.05, 0) is 31.7 Å². The van der Waals surface area contributed by atoms with Crippen molar-refractivity contribution in [3.8, 4) is 0 Å². The fourth-order valence-electron chi connectivity index (χ4n) is 3.57. The third-order valence-corrected chi connectivity index (χ3v) is 5.23. The van der Waals surface area contributed by atoms with E-state index in [1.165, 1.54) is 24.1 Å². The number of carbonyl (C=O) groups is 1. The van der Waals surface area contributed by atoms with Gasteiger partial charge in [-0.25, -0.2) is 4.98 Å². The van der Waals surface area contributed by atoms with E-state index in [4.69, 9.17) is 5.73 Å². The van der Waals surface area contributed by atoms with Gasteiger partial charge in [-0.3, -0.25) is 9.89 Å². The van der Waals surface area contributed by atoms with Crippen molar-refractivity contribution in [3.05, 3.63) is 35.2 Å². The van der Waals surface area contributed by atoms with Gasteiger partial charge in [0.1, 0.15) is 5.82 Å². The summed E-state index contributed by atoms with van der Waals surface area (Å²) >= 11 is 0. The van der Waals surface area contributed by atoms with Gasteiger partial charge >= 0.3 is 0 Å². The van der Waals surface area contributed by atoms with Crippen LogP contribution in [0, 0.1) is 0 Å². The maximum absolute atomic E-state index is 11.6. The Labute approximate surface area is 144 Å². The summed E-state index contributed by atoms with van der Waals surface area (Å²) in [5, 5.41) is 10.6. The number of anilines is 3. The number of hydrogen-bond donors (Lipinski definition) is 3. The first-order valence-corrected chi connectivity index (χ1v) is 8.60. The minimum absolute atomic E-state index is 0.337. The molecule has 25 heavy (non-hydrogen) atoms. The van der Waals surface area contributed by atoms with Crippen LogP contribution in [0.25, 0.3) is 0 Å². The summed E-state index contributed by atoms with van der Waals surface area (Å²) in [6, 6.07) is 4.21. The van der Waals surface area contributed by atoms with Crippen LogP contribution in [0.1, 0.15) is 37.3 Å². The van der Waals surface area contributed by atoms with E-state index in [0.717, 1.165) is 18.7 Å². The Hall–Kier alpha value is -2.90. The Bertz CT molecular complexity index is 875. The van der Waals surface area contributed by atoms with Gasteiger partial charge in [-0.1, -0.05) is 5.57 Å². The second-order valence-corrected chi connectivity index (χ2v) is 6.99. The molecule has 2 fully saturated rings. The first-order valence-electron chi connectivity index (χ1n) is 8.60. The fraction of sp³-hybridized carbons (Fsp3) is 0.412. The Morgan fingerprint density at radius 2 is 2.16 bits per heavy atom. The van der Waals surface area contributed by atoms with Crippen LogP contribution in [0.2, 0.25) is 0 Å². The van der Waals surface area contributed by atoms with Gasteiger partial charge in [0.25, 0.3) is 0 Å². The molecule has 0 atom stereocenters. The molecule has 8 heteroatoms. The number of nitrogens with one attached hydrogen (secondary N) is 2. The van der Waals surface area contributed by atoms with Gasteiger partial charge in [0.15, 0.2) is 5.82 Å². The number of amides is 1. The topological polar surface area (TPSA) is 113 Å². The number of rotatable bonds is 5. The van der Waals surface area contributed by atoms with Crippen molar-refractivity contribution >= 4 is 23.5 Å². The SMILES string of the molecule is NC(=O)C1=C2CC(C2)N(c2nccc(Nc3cc(C4CC4)[nH]n3)n2)C1. The molecule has 0 saturated heterocycles. The average molecular weight is 337 g/mol. The summed E-state index contributed by atoms with van der Waals surface area (Å²) in [6.07, 6.45) is 5.94. The predicted octanol–water partition coefficient (Wildman–Crippen LogP) is 1.58. The molecule has 2 saturated carbocycles. The molecule has 2 aliphatic heterocycles. The van der Waals surface area contributed by atoms with Gasteiger partial charge in [0, 0.05) is 35.5 Å². The number of H-pyrrole nitrogens is 1. The maximum Gasteiger partial charge on any atom is 0.246 e. The Morgan fingerprint density at radius 3 is 2.92 bits per heavy atom. The number of fused-ring (bicyclic) bond motifs is 2. The molecule has 4 heterocycles. The normalized spacial score (nSPS) is 19.8. The van der Waals surface area contributed by atoms with Gasteiger partial charge < -0.3 is 16.0 Å². The average Bonchev–Trinajstić information content (AvgIpc) is 3.34. The second-order valence-electron chi connectivity index (χ2n) is 6.99. The number of nitrogens with two attached hydrogens (primary N) is 1. The van der Waals surface area contributed by atoms with Crippen LogP contribution in [-0.2, 0) is 4.79 Å². The predicted molar refractivity (Wildman–Crippen MR) is 92.5 cm³/mol. The first-order chi connectivity index (χ1) is 12.2. The molecule has 0 unspecified atom stereocenters. The lowest BCUT2D eigenvalue weighted by atomic mass is 9.78. The van der Waals surface area contributed by atoms with Crippen LogP contribution in [0.3, 0.4) is 0 Å². The van der Waals surface area contributed by atoms with Crippen LogP contribution in [0.5, 0.6) is 0 Å². The van der Waals surface area contributed by atoms with E-state index < -0.39 is 0 Å². The number of primary amides is 1. The highest BCUT2D eigenvalue weighted by atomic mass is 16.1. The lowest BCUT2D eigenvalue weighted by Gasteiger charge is -2.45. The van der Waals surface area contributed by atoms with Crippen molar-refractivity contribution < 1.29 is 4.79 Å².